The van der Waals surface area contributed by atoms with E-state index < -0.39 is 17.6 Å². The summed E-state index contributed by atoms with van der Waals surface area (Å²) in [4.78, 5) is 10.0. The molecule has 0 amide bonds. The zero-order valence-electron chi connectivity index (χ0n) is 17.9. The van der Waals surface area contributed by atoms with Crippen LogP contribution in [0.3, 0.4) is 0 Å². The van der Waals surface area contributed by atoms with Crippen LogP contribution in [0.5, 0.6) is 5.88 Å². The quantitative estimate of drug-likeness (QED) is 0.642. The molecule has 0 atom stereocenters. The van der Waals surface area contributed by atoms with Crippen molar-refractivity contribution >= 4 is 17.2 Å². The predicted molar refractivity (Wildman–Crippen MR) is 114 cm³/mol. The van der Waals surface area contributed by atoms with Gasteiger partial charge in [-0.3, -0.25) is 0 Å². The number of pyridine rings is 2. The molecule has 2 aromatic rings. The van der Waals surface area contributed by atoms with Crippen LogP contribution in [0.15, 0.2) is 18.3 Å². The summed E-state index contributed by atoms with van der Waals surface area (Å²) in [5, 5.41) is 0. The fraction of sp³-hybridized carbons (Fsp3) is 0.524. The lowest BCUT2D eigenvalue weighted by atomic mass is 9.69. The van der Waals surface area contributed by atoms with Gasteiger partial charge in [0, 0.05) is 37.9 Å². The molecule has 2 heterocycles. The van der Waals surface area contributed by atoms with Gasteiger partial charge < -0.3 is 25.8 Å². The first-order valence-corrected chi connectivity index (χ1v) is 10.1. The number of hydrogen-bond donors (Lipinski definition) is 2. The van der Waals surface area contributed by atoms with Crippen LogP contribution in [0.2, 0.25) is 0 Å². The second-order valence-electron chi connectivity index (χ2n) is 7.98. The van der Waals surface area contributed by atoms with E-state index in [1.807, 2.05) is 11.9 Å². The number of aromatic nitrogens is 2. The SMILES string of the molecule is CCOc1ncc(-c2cc(N(C)CC3(COC)CCC3)c(N)c(N)n2)cc1C(F)(F)F. The maximum Gasteiger partial charge on any atom is 0.421 e. The Morgan fingerprint density at radius 3 is 2.48 bits per heavy atom. The molecule has 1 saturated carbocycles. The minimum atomic E-state index is -4.62. The third-order valence-electron chi connectivity index (χ3n) is 5.65. The third kappa shape index (κ3) is 4.79. The van der Waals surface area contributed by atoms with Crippen LogP contribution in [0.4, 0.5) is 30.4 Å². The number of anilines is 3. The van der Waals surface area contributed by atoms with E-state index in [2.05, 4.69) is 9.97 Å². The number of nitrogen functional groups attached to an aromatic ring is 2. The summed E-state index contributed by atoms with van der Waals surface area (Å²) in [6.45, 7) is 2.98. The van der Waals surface area contributed by atoms with Gasteiger partial charge in [0.25, 0.3) is 0 Å². The zero-order valence-corrected chi connectivity index (χ0v) is 17.9. The van der Waals surface area contributed by atoms with Gasteiger partial charge in [-0.2, -0.15) is 13.2 Å². The van der Waals surface area contributed by atoms with Crippen molar-refractivity contribution in [2.75, 3.05) is 50.3 Å². The standard InChI is InChI=1S/C21H28F3N5O2/c1-4-31-19-14(21(22,23)24)8-13(10-27-19)15-9-16(17(25)18(26)28-15)29(2)11-20(12-30-3)6-5-7-20/h8-10H,4-7,11-12,25H2,1-3H3,(H2,26,28). The Morgan fingerprint density at radius 1 is 1.23 bits per heavy atom. The first-order valence-electron chi connectivity index (χ1n) is 10.1. The van der Waals surface area contributed by atoms with Gasteiger partial charge in [0.15, 0.2) is 0 Å². The summed E-state index contributed by atoms with van der Waals surface area (Å²) in [6.07, 6.45) is -0.120. The van der Waals surface area contributed by atoms with Crippen LogP contribution < -0.4 is 21.1 Å². The summed E-state index contributed by atoms with van der Waals surface area (Å²) in [7, 11) is 3.55. The van der Waals surface area contributed by atoms with Gasteiger partial charge in [-0.05, 0) is 31.9 Å². The number of ether oxygens (including phenoxy) is 2. The van der Waals surface area contributed by atoms with Crippen LogP contribution >= 0.6 is 0 Å². The van der Waals surface area contributed by atoms with Crippen molar-refractivity contribution in [2.45, 2.75) is 32.4 Å². The maximum absolute atomic E-state index is 13.5. The van der Waals surface area contributed by atoms with E-state index in [1.54, 1.807) is 20.1 Å². The molecule has 2 aromatic heterocycles. The first-order chi connectivity index (χ1) is 14.6. The van der Waals surface area contributed by atoms with Gasteiger partial charge in [0.05, 0.1) is 30.3 Å². The Morgan fingerprint density at radius 2 is 1.94 bits per heavy atom. The Balaban J connectivity index is 1.99. The molecule has 0 spiro atoms. The van der Waals surface area contributed by atoms with Crippen molar-refractivity contribution < 1.29 is 22.6 Å². The lowest BCUT2D eigenvalue weighted by Crippen LogP contribution is -2.44. The van der Waals surface area contributed by atoms with Gasteiger partial charge in [0.2, 0.25) is 5.88 Å². The lowest BCUT2D eigenvalue weighted by molar-refractivity contribution is -0.139. The smallest absolute Gasteiger partial charge is 0.421 e. The van der Waals surface area contributed by atoms with Crippen molar-refractivity contribution in [2.24, 2.45) is 5.41 Å². The Labute approximate surface area is 179 Å². The van der Waals surface area contributed by atoms with Crippen molar-refractivity contribution in [1.29, 1.82) is 0 Å². The summed E-state index contributed by atoms with van der Waals surface area (Å²) < 4.78 is 51.0. The normalized spacial score (nSPS) is 15.4. The molecule has 1 fully saturated rings. The van der Waals surface area contributed by atoms with E-state index in [0.717, 1.165) is 25.3 Å². The number of alkyl halides is 3. The van der Waals surface area contributed by atoms with Gasteiger partial charge in [-0.1, -0.05) is 6.42 Å². The van der Waals surface area contributed by atoms with Crippen molar-refractivity contribution in [3.8, 4) is 17.1 Å². The Hall–Kier alpha value is -2.75. The summed E-state index contributed by atoms with van der Waals surface area (Å²) in [6, 6.07) is 2.61. The highest BCUT2D eigenvalue weighted by Gasteiger charge is 2.39. The molecule has 3 rings (SSSR count). The fourth-order valence-corrected chi connectivity index (χ4v) is 3.99. The van der Waals surface area contributed by atoms with Crippen LogP contribution in [-0.2, 0) is 10.9 Å². The third-order valence-corrected chi connectivity index (χ3v) is 5.65. The zero-order chi connectivity index (χ0) is 22.8. The lowest BCUT2D eigenvalue weighted by Gasteiger charge is -2.44. The molecule has 7 nitrogen and oxygen atoms in total. The molecule has 1 aliphatic carbocycles. The van der Waals surface area contributed by atoms with Crippen LogP contribution in [0, 0.1) is 5.41 Å². The molecule has 0 saturated heterocycles. The molecular weight excluding hydrogens is 411 g/mol. The number of hydrogen-bond acceptors (Lipinski definition) is 7. The summed E-state index contributed by atoms with van der Waals surface area (Å²) >= 11 is 0. The number of nitrogens with two attached hydrogens (primary N) is 2. The highest BCUT2D eigenvalue weighted by molar-refractivity contribution is 5.82. The average Bonchev–Trinajstić information content (AvgIpc) is 2.68. The fourth-order valence-electron chi connectivity index (χ4n) is 3.99. The number of nitrogens with zero attached hydrogens (tertiary/aromatic N) is 3. The van der Waals surface area contributed by atoms with Crippen molar-refractivity contribution in [3.63, 3.8) is 0 Å². The van der Waals surface area contributed by atoms with Crippen LogP contribution in [-0.4, -0.2) is 43.9 Å². The summed E-state index contributed by atoms with van der Waals surface area (Å²) in [5.74, 6) is -0.415. The number of rotatable bonds is 8. The topological polar surface area (TPSA) is 99.5 Å². The average molecular weight is 439 g/mol. The number of halogens is 3. The van der Waals surface area contributed by atoms with E-state index in [1.165, 1.54) is 6.20 Å². The highest BCUT2D eigenvalue weighted by atomic mass is 19.4. The monoisotopic (exact) mass is 439 g/mol. The molecule has 0 aromatic carbocycles. The van der Waals surface area contributed by atoms with E-state index in [0.29, 0.717) is 18.8 Å². The number of methoxy groups -OCH3 is 1. The minimum absolute atomic E-state index is 0.0261. The van der Waals surface area contributed by atoms with E-state index in [4.69, 9.17) is 20.9 Å². The van der Waals surface area contributed by atoms with Gasteiger partial charge in [0.1, 0.15) is 11.4 Å². The molecule has 31 heavy (non-hydrogen) atoms. The summed E-state index contributed by atoms with van der Waals surface area (Å²) in [5.41, 5.74) is 12.6. The van der Waals surface area contributed by atoms with Crippen molar-refractivity contribution in [3.05, 3.63) is 23.9 Å². The molecule has 1 aliphatic rings. The molecule has 0 bridgehead atoms. The molecule has 0 aliphatic heterocycles. The molecule has 170 valence electrons. The maximum atomic E-state index is 13.5. The highest BCUT2D eigenvalue weighted by Crippen LogP contribution is 2.44. The molecule has 0 unspecified atom stereocenters. The molecule has 10 heteroatoms. The predicted octanol–water partition coefficient (Wildman–Crippen LogP) is 3.98. The Kier molecular flexibility index (Phi) is 6.49. The minimum Gasteiger partial charge on any atom is -0.478 e. The van der Waals surface area contributed by atoms with E-state index in [9.17, 15) is 13.2 Å². The van der Waals surface area contributed by atoms with Gasteiger partial charge >= 0.3 is 6.18 Å². The second-order valence-corrected chi connectivity index (χ2v) is 7.98. The van der Waals surface area contributed by atoms with E-state index >= 15 is 0 Å². The van der Waals surface area contributed by atoms with Crippen LogP contribution in [0.1, 0.15) is 31.7 Å². The molecule has 0 radical (unpaired) electrons. The van der Waals surface area contributed by atoms with E-state index in [-0.39, 0.29) is 34.8 Å². The first kappa shape index (κ1) is 22.9. The van der Waals surface area contributed by atoms with Gasteiger partial charge in [-0.25, -0.2) is 9.97 Å². The van der Waals surface area contributed by atoms with Gasteiger partial charge in [-0.15, -0.1) is 0 Å². The largest absolute Gasteiger partial charge is 0.478 e. The van der Waals surface area contributed by atoms with Crippen LogP contribution in [0.25, 0.3) is 11.3 Å². The van der Waals surface area contributed by atoms with Crippen molar-refractivity contribution in [1.82, 2.24) is 9.97 Å². The molecular formula is C21H28F3N5O2. The second kappa shape index (κ2) is 8.78. The molecule has 4 N–H and O–H groups in total. The Bertz CT molecular complexity index is 932.